The Labute approximate surface area is 177 Å². The van der Waals surface area contributed by atoms with E-state index in [0.29, 0.717) is 11.4 Å². The van der Waals surface area contributed by atoms with Crippen LogP contribution in [0.1, 0.15) is 18.1 Å². The fraction of sp³-hybridized carbons (Fsp3) is 0.273. The molecule has 0 heterocycles. The smallest absolute Gasteiger partial charge is 0.411 e. The number of rotatable bonds is 6. The van der Waals surface area contributed by atoms with E-state index in [2.05, 4.69) is 41.7 Å². The summed E-state index contributed by atoms with van der Waals surface area (Å²) in [5.74, 6) is 2.80. The van der Waals surface area contributed by atoms with Crippen molar-refractivity contribution in [2.75, 3.05) is 10.6 Å². The predicted molar refractivity (Wildman–Crippen MR) is 120 cm³/mol. The molecule has 30 heavy (non-hydrogen) atoms. The van der Waals surface area contributed by atoms with Crippen LogP contribution >= 0.6 is 0 Å². The van der Waals surface area contributed by atoms with E-state index in [1.807, 2.05) is 17.6 Å². The van der Waals surface area contributed by atoms with Gasteiger partial charge in [-0.3, -0.25) is 10.1 Å². The molecule has 8 heteroatoms. The standard InChI is InChI=1S/C22H27N3O4Si/c1-16(25-28)21(26)23-19-11-7-18(8-12-19)15-29-22(27)24-20-9-5-17(6-10-20)13-14-30(2,3)4/h5-12,16,25,28H,15H2,1-4H3,(H,23,26)(H,24,27). The molecule has 0 aromatic heterocycles. The minimum Gasteiger partial charge on any atom is -0.444 e. The number of anilines is 2. The highest BCUT2D eigenvalue weighted by Crippen LogP contribution is 2.13. The first-order valence-electron chi connectivity index (χ1n) is 9.53. The van der Waals surface area contributed by atoms with Gasteiger partial charge in [-0.2, -0.15) is 5.48 Å². The van der Waals surface area contributed by atoms with Gasteiger partial charge in [0.1, 0.15) is 20.7 Å². The molecule has 0 aliphatic carbocycles. The van der Waals surface area contributed by atoms with Crippen molar-refractivity contribution >= 4 is 31.4 Å². The van der Waals surface area contributed by atoms with Gasteiger partial charge in [0.05, 0.1) is 0 Å². The number of hydrogen-bond acceptors (Lipinski definition) is 5. The van der Waals surface area contributed by atoms with Gasteiger partial charge in [0.15, 0.2) is 0 Å². The van der Waals surface area contributed by atoms with Crippen LogP contribution in [-0.2, 0) is 16.1 Å². The second-order valence-electron chi connectivity index (χ2n) is 7.82. The van der Waals surface area contributed by atoms with Gasteiger partial charge in [-0.15, -0.1) is 5.54 Å². The van der Waals surface area contributed by atoms with Crippen LogP contribution < -0.4 is 16.1 Å². The molecule has 1 atom stereocenters. The monoisotopic (exact) mass is 425 g/mol. The van der Waals surface area contributed by atoms with E-state index in [4.69, 9.17) is 9.94 Å². The number of ether oxygens (including phenoxy) is 1. The summed E-state index contributed by atoms with van der Waals surface area (Å²) in [5, 5.41) is 14.1. The Morgan fingerprint density at radius 3 is 2.13 bits per heavy atom. The quantitative estimate of drug-likeness (QED) is 0.319. The molecule has 158 valence electrons. The molecule has 1 unspecified atom stereocenters. The minimum atomic E-state index is -1.43. The normalized spacial score (nSPS) is 11.6. The van der Waals surface area contributed by atoms with Crippen molar-refractivity contribution in [2.24, 2.45) is 0 Å². The Morgan fingerprint density at radius 2 is 1.57 bits per heavy atom. The molecule has 0 aliphatic rings. The number of carbonyl (C=O) groups excluding carboxylic acids is 2. The number of hydroxylamine groups is 1. The molecule has 0 aliphatic heterocycles. The average Bonchev–Trinajstić information content (AvgIpc) is 2.71. The van der Waals surface area contributed by atoms with Crippen LogP contribution in [0.15, 0.2) is 48.5 Å². The Morgan fingerprint density at radius 1 is 1.00 bits per heavy atom. The van der Waals surface area contributed by atoms with Gasteiger partial charge in [-0.1, -0.05) is 37.7 Å². The van der Waals surface area contributed by atoms with E-state index in [0.717, 1.165) is 11.1 Å². The zero-order valence-electron chi connectivity index (χ0n) is 17.6. The SMILES string of the molecule is CC(NO)C(=O)Nc1ccc(COC(=O)Nc2ccc(C#C[Si](C)(C)C)cc2)cc1. The van der Waals surface area contributed by atoms with Gasteiger partial charge < -0.3 is 15.3 Å². The van der Waals surface area contributed by atoms with Crippen molar-refractivity contribution in [1.82, 2.24) is 5.48 Å². The number of carbonyl (C=O) groups is 2. The maximum absolute atomic E-state index is 12.0. The lowest BCUT2D eigenvalue weighted by Crippen LogP contribution is -2.35. The largest absolute Gasteiger partial charge is 0.444 e. The molecule has 2 aromatic rings. The highest BCUT2D eigenvalue weighted by atomic mass is 28.3. The van der Waals surface area contributed by atoms with E-state index in [1.165, 1.54) is 6.92 Å². The summed E-state index contributed by atoms with van der Waals surface area (Å²) in [6, 6.07) is 13.4. The molecule has 0 fully saturated rings. The van der Waals surface area contributed by atoms with Gasteiger partial charge >= 0.3 is 6.09 Å². The van der Waals surface area contributed by atoms with Crippen molar-refractivity contribution < 1.29 is 19.5 Å². The van der Waals surface area contributed by atoms with E-state index in [1.54, 1.807) is 36.4 Å². The van der Waals surface area contributed by atoms with Crippen molar-refractivity contribution in [3.05, 3.63) is 59.7 Å². The molecule has 0 saturated carbocycles. The summed E-state index contributed by atoms with van der Waals surface area (Å²) in [4.78, 5) is 23.7. The van der Waals surface area contributed by atoms with E-state index in [9.17, 15) is 9.59 Å². The third-order valence-electron chi connectivity index (χ3n) is 3.89. The first-order valence-corrected chi connectivity index (χ1v) is 13.0. The third kappa shape index (κ3) is 8.09. The predicted octanol–water partition coefficient (Wildman–Crippen LogP) is 3.97. The van der Waals surface area contributed by atoms with Crippen LogP contribution in [0.5, 0.6) is 0 Å². The molecule has 0 radical (unpaired) electrons. The number of amides is 2. The van der Waals surface area contributed by atoms with Crippen molar-refractivity contribution in [3.63, 3.8) is 0 Å². The zero-order valence-corrected chi connectivity index (χ0v) is 18.6. The highest BCUT2D eigenvalue weighted by Gasteiger charge is 2.11. The lowest BCUT2D eigenvalue weighted by Gasteiger charge is -2.11. The Bertz CT molecular complexity index is 926. The summed E-state index contributed by atoms with van der Waals surface area (Å²) < 4.78 is 5.23. The second-order valence-corrected chi connectivity index (χ2v) is 12.6. The van der Waals surface area contributed by atoms with Crippen LogP contribution in [0.2, 0.25) is 19.6 Å². The van der Waals surface area contributed by atoms with Crippen LogP contribution in [0.25, 0.3) is 0 Å². The molecule has 0 saturated heterocycles. The molecule has 2 amide bonds. The fourth-order valence-corrected chi connectivity index (χ4v) is 2.71. The molecular formula is C22H27N3O4Si. The second kappa shape index (κ2) is 10.6. The number of benzene rings is 2. The molecular weight excluding hydrogens is 398 g/mol. The lowest BCUT2D eigenvalue weighted by molar-refractivity contribution is -0.120. The lowest BCUT2D eigenvalue weighted by atomic mass is 10.2. The van der Waals surface area contributed by atoms with Crippen molar-refractivity contribution in [3.8, 4) is 11.5 Å². The maximum Gasteiger partial charge on any atom is 0.411 e. The highest BCUT2D eigenvalue weighted by molar-refractivity contribution is 6.83. The first-order chi connectivity index (χ1) is 14.2. The van der Waals surface area contributed by atoms with Crippen LogP contribution in [0, 0.1) is 11.5 Å². The van der Waals surface area contributed by atoms with Crippen molar-refractivity contribution in [2.45, 2.75) is 39.2 Å². The summed E-state index contributed by atoms with van der Waals surface area (Å²) in [6.07, 6.45) is -0.559. The third-order valence-corrected chi connectivity index (χ3v) is 4.77. The maximum atomic E-state index is 12.0. The van der Waals surface area contributed by atoms with Crippen LogP contribution in [-0.4, -0.2) is 31.3 Å². The summed E-state index contributed by atoms with van der Waals surface area (Å²) in [7, 11) is -1.43. The van der Waals surface area contributed by atoms with Crippen molar-refractivity contribution in [1.29, 1.82) is 0 Å². The van der Waals surface area contributed by atoms with E-state index in [-0.39, 0.29) is 12.5 Å². The van der Waals surface area contributed by atoms with Gasteiger partial charge in [-0.25, -0.2) is 4.79 Å². The zero-order chi connectivity index (χ0) is 22.1. The topological polar surface area (TPSA) is 99.7 Å². The fourth-order valence-electron chi connectivity index (χ4n) is 2.19. The van der Waals surface area contributed by atoms with Gasteiger partial charge in [-0.05, 0) is 48.9 Å². The van der Waals surface area contributed by atoms with Gasteiger partial charge in [0.25, 0.3) is 0 Å². The number of hydrogen-bond donors (Lipinski definition) is 4. The molecule has 0 bridgehead atoms. The molecule has 2 rings (SSSR count). The molecule has 0 spiro atoms. The molecule has 4 N–H and O–H groups in total. The summed E-state index contributed by atoms with van der Waals surface area (Å²) >= 11 is 0. The van der Waals surface area contributed by atoms with Gasteiger partial charge in [0, 0.05) is 16.9 Å². The Balaban J connectivity index is 1.83. The van der Waals surface area contributed by atoms with Gasteiger partial charge in [0.2, 0.25) is 5.91 Å². The Hall–Kier alpha value is -3.12. The minimum absolute atomic E-state index is 0.0917. The van der Waals surface area contributed by atoms with E-state index >= 15 is 0 Å². The molecule has 7 nitrogen and oxygen atoms in total. The number of nitrogens with one attached hydrogen (secondary N) is 3. The summed E-state index contributed by atoms with van der Waals surface area (Å²) in [6.45, 7) is 8.18. The Kier molecular flexibility index (Phi) is 8.18. The first kappa shape index (κ1) is 23.2. The van der Waals surface area contributed by atoms with E-state index < -0.39 is 20.2 Å². The average molecular weight is 426 g/mol. The van der Waals surface area contributed by atoms with Crippen LogP contribution in [0.4, 0.5) is 16.2 Å². The van der Waals surface area contributed by atoms with Crippen LogP contribution in [0.3, 0.4) is 0 Å². The summed E-state index contributed by atoms with van der Waals surface area (Å²) in [5.41, 5.74) is 8.07. The molecule has 2 aromatic carbocycles.